The summed E-state index contributed by atoms with van der Waals surface area (Å²) in [5.41, 5.74) is 2.04. The minimum atomic E-state index is -3.68. The van der Waals surface area contributed by atoms with Crippen LogP contribution >= 0.6 is 11.6 Å². The van der Waals surface area contributed by atoms with Gasteiger partial charge in [-0.05, 0) is 42.3 Å². The van der Waals surface area contributed by atoms with E-state index in [4.69, 9.17) is 16.3 Å². The number of hydrogen-bond donors (Lipinski definition) is 0. The lowest BCUT2D eigenvalue weighted by atomic mass is 10.0. The highest BCUT2D eigenvalue weighted by atomic mass is 35.5. The number of aromatic nitrogens is 2. The van der Waals surface area contributed by atoms with Crippen LogP contribution in [0.5, 0.6) is 17.5 Å². The number of rotatable bonds is 4. The number of halogens is 4. The van der Waals surface area contributed by atoms with Crippen molar-refractivity contribution >= 4 is 11.6 Å². The minimum Gasteiger partial charge on any atom is -0.458 e. The maximum Gasteiger partial charge on any atom is 0.586 e. The van der Waals surface area contributed by atoms with Gasteiger partial charge in [0.15, 0.2) is 11.5 Å². The SMILES string of the molecule is Cc1cc2c(cc1-c1cnc(OCc3c(F)cccc3Cl)nc1)OC(F)(F)O2. The monoisotopic (exact) mass is 408 g/mol. The first-order valence-corrected chi connectivity index (χ1v) is 8.49. The lowest BCUT2D eigenvalue weighted by Crippen LogP contribution is -2.25. The zero-order chi connectivity index (χ0) is 19.9. The molecule has 0 unspecified atom stereocenters. The van der Waals surface area contributed by atoms with Crippen LogP contribution in [0.1, 0.15) is 11.1 Å². The second kappa shape index (κ2) is 6.87. The Hall–Kier alpha value is -3.00. The Morgan fingerprint density at radius 1 is 1.11 bits per heavy atom. The number of aryl methyl sites for hydroxylation is 1. The molecule has 1 aromatic heterocycles. The third-order valence-electron chi connectivity index (χ3n) is 4.09. The van der Waals surface area contributed by atoms with Crippen molar-refractivity contribution in [3.63, 3.8) is 0 Å². The highest BCUT2D eigenvalue weighted by Gasteiger charge is 2.43. The Labute approximate surface area is 162 Å². The second-order valence-corrected chi connectivity index (χ2v) is 6.43. The van der Waals surface area contributed by atoms with Gasteiger partial charge in [0, 0.05) is 23.5 Å². The fourth-order valence-electron chi connectivity index (χ4n) is 2.75. The van der Waals surface area contributed by atoms with E-state index in [1.54, 1.807) is 13.0 Å². The van der Waals surface area contributed by atoms with E-state index in [0.717, 1.165) is 0 Å². The van der Waals surface area contributed by atoms with Crippen molar-refractivity contribution in [3.8, 4) is 28.6 Å². The van der Waals surface area contributed by atoms with E-state index in [-0.39, 0.29) is 34.7 Å². The molecule has 0 bridgehead atoms. The van der Waals surface area contributed by atoms with Gasteiger partial charge >= 0.3 is 12.3 Å². The van der Waals surface area contributed by atoms with Gasteiger partial charge in [0.05, 0.1) is 5.02 Å². The Kier molecular flexibility index (Phi) is 4.50. The molecule has 0 saturated heterocycles. The van der Waals surface area contributed by atoms with E-state index in [9.17, 15) is 13.2 Å². The van der Waals surface area contributed by atoms with Crippen molar-refractivity contribution in [2.45, 2.75) is 19.8 Å². The van der Waals surface area contributed by atoms with Crippen LogP contribution in [0.3, 0.4) is 0 Å². The average Bonchev–Trinajstić information content (AvgIpc) is 2.94. The summed E-state index contributed by atoms with van der Waals surface area (Å²) in [6.07, 6.45) is -0.752. The van der Waals surface area contributed by atoms with Crippen molar-refractivity contribution in [1.29, 1.82) is 0 Å². The van der Waals surface area contributed by atoms with Crippen molar-refractivity contribution in [2.75, 3.05) is 0 Å². The first kappa shape index (κ1) is 18.4. The van der Waals surface area contributed by atoms with Crippen LogP contribution < -0.4 is 14.2 Å². The van der Waals surface area contributed by atoms with Crippen LogP contribution in [0.25, 0.3) is 11.1 Å². The highest BCUT2D eigenvalue weighted by molar-refractivity contribution is 6.31. The Bertz CT molecular complexity index is 1030. The number of benzene rings is 2. The van der Waals surface area contributed by atoms with Crippen LogP contribution in [-0.2, 0) is 6.61 Å². The third-order valence-corrected chi connectivity index (χ3v) is 4.45. The molecule has 0 saturated carbocycles. The highest BCUT2D eigenvalue weighted by Crippen LogP contribution is 2.44. The molecule has 0 aliphatic carbocycles. The van der Waals surface area contributed by atoms with E-state index in [2.05, 4.69) is 19.4 Å². The number of alkyl halides is 2. The summed E-state index contributed by atoms with van der Waals surface area (Å²) in [6, 6.07) is 7.24. The number of ether oxygens (including phenoxy) is 3. The smallest absolute Gasteiger partial charge is 0.458 e. The fraction of sp³-hybridized carbons (Fsp3) is 0.158. The molecule has 0 fully saturated rings. The van der Waals surface area contributed by atoms with E-state index in [0.29, 0.717) is 16.7 Å². The van der Waals surface area contributed by atoms with Crippen molar-refractivity contribution in [3.05, 3.63) is 64.7 Å². The van der Waals surface area contributed by atoms with E-state index in [1.807, 2.05) is 0 Å². The maximum absolute atomic E-state index is 13.8. The molecule has 9 heteroatoms. The van der Waals surface area contributed by atoms with Gasteiger partial charge in [-0.3, -0.25) is 0 Å². The van der Waals surface area contributed by atoms with Crippen LogP contribution in [-0.4, -0.2) is 16.3 Å². The van der Waals surface area contributed by atoms with Crippen LogP contribution in [0.4, 0.5) is 13.2 Å². The lowest BCUT2D eigenvalue weighted by Gasteiger charge is -2.09. The predicted molar refractivity (Wildman–Crippen MR) is 94.2 cm³/mol. The summed E-state index contributed by atoms with van der Waals surface area (Å²) in [5.74, 6) is -0.592. The normalized spacial score (nSPS) is 14.2. The molecular weight excluding hydrogens is 397 g/mol. The summed E-state index contributed by atoms with van der Waals surface area (Å²) in [4.78, 5) is 8.15. The second-order valence-electron chi connectivity index (χ2n) is 6.02. The topological polar surface area (TPSA) is 53.5 Å². The van der Waals surface area contributed by atoms with Crippen LogP contribution in [0.2, 0.25) is 5.02 Å². The molecule has 3 aromatic rings. The Morgan fingerprint density at radius 2 is 1.79 bits per heavy atom. The summed E-state index contributed by atoms with van der Waals surface area (Å²) in [5, 5.41) is 0.240. The summed E-state index contributed by atoms with van der Waals surface area (Å²) < 4.78 is 54.5. The summed E-state index contributed by atoms with van der Waals surface area (Å²) in [6.45, 7) is 1.60. The molecule has 2 heterocycles. The van der Waals surface area contributed by atoms with Crippen molar-refractivity contribution in [1.82, 2.24) is 9.97 Å². The largest absolute Gasteiger partial charge is 0.586 e. The number of hydrogen-bond acceptors (Lipinski definition) is 5. The molecule has 1 aliphatic rings. The van der Waals surface area contributed by atoms with Gasteiger partial charge in [0.2, 0.25) is 0 Å². The van der Waals surface area contributed by atoms with Crippen molar-refractivity contribution < 1.29 is 27.4 Å². The molecule has 144 valence electrons. The van der Waals surface area contributed by atoms with Gasteiger partial charge in [-0.15, -0.1) is 8.78 Å². The molecular formula is C19H12ClF3N2O3. The van der Waals surface area contributed by atoms with E-state index >= 15 is 0 Å². The first-order valence-electron chi connectivity index (χ1n) is 8.11. The Morgan fingerprint density at radius 3 is 2.46 bits per heavy atom. The first-order chi connectivity index (χ1) is 13.3. The fourth-order valence-corrected chi connectivity index (χ4v) is 2.96. The van der Waals surface area contributed by atoms with Gasteiger partial charge in [-0.2, -0.15) is 0 Å². The van der Waals surface area contributed by atoms with Gasteiger partial charge in [0.1, 0.15) is 12.4 Å². The molecule has 0 radical (unpaired) electrons. The van der Waals surface area contributed by atoms with Gasteiger partial charge in [-0.25, -0.2) is 14.4 Å². The van der Waals surface area contributed by atoms with Gasteiger partial charge < -0.3 is 14.2 Å². The zero-order valence-electron chi connectivity index (χ0n) is 14.4. The molecule has 1 aliphatic heterocycles. The number of nitrogens with zero attached hydrogens (tertiary/aromatic N) is 2. The molecule has 0 N–H and O–H groups in total. The minimum absolute atomic E-state index is 0.0213. The quantitative estimate of drug-likeness (QED) is 0.598. The van der Waals surface area contributed by atoms with E-state index in [1.165, 1.54) is 36.7 Å². The molecule has 5 nitrogen and oxygen atoms in total. The zero-order valence-corrected chi connectivity index (χ0v) is 15.1. The lowest BCUT2D eigenvalue weighted by molar-refractivity contribution is -0.286. The molecule has 0 spiro atoms. The molecule has 0 atom stereocenters. The predicted octanol–water partition coefficient (Wildman–Crippen LogP) is 5.15. The average molecular weight is 409 g/mol. The van der Waals surface area contributed by atoms with Crippen LogP contribution in [0.15, 0.2) is 42.7 Å². The maximum atomic E-state index is 13.8. The van der Waals surface area contributed by atoms with Crippen LogP contribution in [0, 0.1) is 12.7 Å². The summed E-state index contributed by atoms with van der Waals surface area (Å²) in [7, 11) is 0. The molecule has 0 amide bonds. The third kappa shape index (κ3) is 3.55. The van der Waals surface area contributed by atoms with Crippen molar-refractivity contribution in [2.24, 2.45) is 0 Å². The Balaban J connectivity index is 1.53. The summed E-state index contributed by atoms with van der Waals surface area (Å²) >= 11 is 5.95. The molecule has 28 heavy (non-hydrogen) atoms. The standard InChI is InChI=1S/C19H12ClF3N2O3/c1-10-5-16-17(28-19(22,23)27-16)6-12(10)11-7-24-18(25-8-11)26-9-13-14(20)3-2-4-15(13)21/h2-8H,9H2,1H3. The van der Waals surface area contributed by atoms with Gasteiger partial charge in [0.25, 0.3) is 0 Å². The molecule has 4 rings (SSSR count). The van der Waals surface area contributed by atoms with Gasteiger partial charge in [-0.1, -0.05) is 17.7 Å². The molecule has 2 aromatic carbocycles. The van der Waals surface area contributed by atoms with E-state index < -0.39 is 12.1 Å². The number of fused-ring (bicyclic) bond motifs is 1.